The van der Waals surface area contributed by atoms with Gasteiger partial charge < -0.3 is 14.4 Å². The van der Waals surface area contributed by atoms with Crippen LogP contribution < -0.4 is 0 Å². The lowest BCUT2D eigenvalue weighted by molar-refractivity contribution is -0.100. The molecule has 8 nitrogen and oxygen atoms in total. The number of fused-ring (bicyclic) bond motifs is 1. The third-order valence-corrected chi connectivity index (χ3v) is 7.72. The largest absolute Gasteiger partial charge is 0.348 e. The molecule has 28 heavy (non-hydrogen) atoms. The number of carbonyl (C=O) groups is 2. The van der Waals surface area contributed by atoms with Crippen LogP contribution >= 0.6 is 0 Å². The second kappa shape index (κ2) is 6.53. The van der Waals surface area contributed by atoms with Crippen molar-refractivity contribution in [3.63, 3.8) is 0 Å². The monoisotopic (exact) mass is 406 g/mol. The maximum Gasteiger partial charge on any atom is 0.269 e. The molecule has 2 amide bonds. The van der Waals surface area contributed by atoms with Gasteiger partial charge in [0.2, 0.25) is 0 Å². The first-order chi connectivity index (χ1) is 13.5. The number of likely N-dealkylation sites (tertiary alicyclic amines) is 1. The minimum atomic E-state index is -3.88. The van der Waals surface area contributed by atoms with E-state index in [1.54, 1.807) is 11.0 Å². The molecule has 1 aromatic rings. The summed E-state index contributed by atoms with van der Waals surface area (Å²) in [6.07, 6.45) is 3.61. The first-order valence-corrected chi connectivity index (χ1v) is 11.2. The number of piperidine rings is 1. The molecule has 9 heteroatoms. The normalized spacial score (nSPS) is 27.3. The third-order valence-electron chi connectivity index (χ3n) is 5.85. The summed E-state index contributed by atoms with van der Waals surface area (Å²) < 4.78 is 37.9. The quantitative estimate of drug-likeness (QED) is 0.753. The molecule has 1 aliphatic carbocycles. The number of hydrogen-bond acceptors (Lipinski definition) is 6. The molecule has 3 aliphatic heterocycles. The Kier molecular flexibility index (Phi) is 4.22. The third kappa shape index (κ3) is 2.75. The van der Waals surface area contributed by atoms with Gasteiger partial charge in [-0.25, -0.2) is 12.7 Å². The van der Waals surface area contributed by atoms with Gasteiger partial charge in [0.05, 0.1) is 24.8 Å². The Morgan fingerprint density at radius 2 is 1.82 bits per heavy atom. The highest BCUT2D eigenvalue weighted by molar-refractivity contribution is 7.90. The summed E-state index contributed by atoms with van der Waals surface area (Å²) in [4.78, 5) is 27.4. The molecule has 5 rings (SSSR count). The molecule has 0 N–H and O–H groups in total. The van der Waals surface area contributed by atoms with Gasteiger partial charge in [0, 0.05) is 18.2 Å². The average molecular weight is 406 g/mol. The molecular formula is C19H22N2O6S. The van der Waals surface area contributed by atoms with Crippen molar-refractivity contribution in [3.8, 4) is 0 Å². The standard InChI is InChI=1S/C19H22N2O6S/c22-17(20-8-2-1-3-15(20)19-26-9-10-27-19)12-4-7-14-16(11-12)28(24,25)21(18(14)23)13-5-6-13/h4,7,11,13,15,19H,1-3,5-6,8-10H2. The van der Waals surface area contributed by atoms with Crippen LogP contribution in [0, 0.1) is 0 Å². The number of nitrogens with zero attached hydrogens (tertiary/aromatic N) is 2. The fourth-order valence-corrected chi connectivity index (χ4v) is 6.15. The van der Waals surface area contributed by atoms with E-state index in [1.807, 2.05) is 0 Å². The lowest BCUT2D eigenvalue weighted by Gasteiger charge is -2.38. The van der Waals surface area contributed by atoms with Crippen molar-refractivity contribution in [3.05, 3.63) is 29.3 Å². The highest BCUT2D eigenvalue weighted by atomic mass is 32.2. The van der Waals surface area contributed by atoms with Gasteiger partial charge in [0.25, 0.3) is 21.8 Å². The van der Waals surface area contributed by atoms with Gasteiger partial charge in [-0.2, -0.15) is 0 Å². The van der Waals surface area contributed by atoms with Crippen molar-refractivity contribution in [2.75, 3.05) is 19.8 Å². The summed E-state index contributed by atoms with van der Waals surface area (Å²) in [6.45, 7) is 1.60. The molecule has 0 radical (unpaired) electrons. The van der Waals surface area contributed by atoms with Crippen LogP contribution in [0.25, 0.3) is 0 Å². The van der Waals surface area contributed by atoms with E-state index in [9.17, 15) is 18.0 Å². The fourth-order valence-electron chi connectivity index (χ4n) is 4.31. The highest BCUT2D eigenvalue weighted by Crippen LogP contribution is 2.40. The number of benzene rings is 1. The maximum absolute atomic E-state index is 13.2. The molecule has 0 aromatic heterocycles. The minimum Gasteiger partial charge on any atom is -0.348 e. The van der Waals surface area contributed by atoms with E-state index in [2.05, 4.69) is 0 Å². The van der Waals surface area contributed by atoms with Gasteiger partial charge in [-0.15, -0.1) is 0 Å². The maximum atomic E-state index is 13.2. The van der Waals surface area contributed by atoms with Crippen LogP contribution in [0.4, 0.5) is 0 Å². The molecule has 4 aliphatic rings. The topological polar surface area (TPSA) is 93.2 Å². The van der Waals surface area contributed by atoms with Gasteiger partial charge in [-0.1, -0.05) is 0 Å². The Bertz CT molecular complexity index is 936. The Hall–Kier alpha value is -1.97. The van der Waals surface area contributed by atoms with Crippen LogP contribution in [0.1, 0.15) is 52.8 Å². The molecular weight excluding hydrogens is 384 g/mol. The summed E-state index contributed by atoms with van der Waals surface area (Å²) in [5.74, 6) is -0.737. The summed E-state index contributed by atoms with van der Waals surface area (Å²) in [6, 6.07) is 3.94. The van der Waals surface area contributed by atoms with Crippen molar-refractivity contribution in [1.82, 2.24) is 9.21 Å². The number of sulfonamides is 1. The molecule has 3 fully saturated rings. The predicted octanol–water partition coefficient (Wildman–Crippen LogP) is 1.36. The molecule has 1 unspecified atom stereocenters. The number of amides is 2. The summed E-state index contributed by atoms with van der Waals surface area (Å²) in [7, 11) is -3.88. The van der Waals surface area contributed by atoms with E-state index in [4.69, 9.17) is 9.47 Å². The molecule has 1 atom stereocenters. The van der Waals surface area contributed by atoms with Crippen molar-refractivity contribution >= 4 is 21.8 Å². The van der Waals surface area contributed by atoms with Crippen LogP contribution in [0.2, 0.25) is 0 Å². The van der Waals surface area contributed by atoms with E-state index in [0.29, 0.717) is 32.6 Å². The van der Waals surface area contributed by atoms with Crippen molar-refractivity contribution in [2.45, 2.75) is 55.4 Å². The number of carbonyl (C=O) groups excluding carboxylic acids is 2. The predicted molar refractivity (Wildman–Crippen MR) is 97.2 cm³/mol. The lowest BCUT2D eigenvalue weighted by Crippen LogP contribution is -2.50. The van der Waals surface area contributed by atoms with Gasteiger partial charge in [-0.05, 0) is 50.3 Å². The zero-order valence-corrected chi connectivity index (χ0v) is 16.2. The number of rotatable bonds is 3. The molecule has 1 saturated carbocycles. The van der Waals surface area contributed by atoms with Gasteiger partial charge in [-0.3, -0.25) is 9.59 Å². The second-order valence-electron chi connectivity index (χ2n) is 7.72. The minimum absolute atomic E-state index is 0.0582. The second-order valence-corrected chi connectivity index (χ2v) is 9.50. The summed E-state index contributed by atoms with van der Waals surface area (Å²) in [5.41, 5.74) is 0.429. The molecule has 150 valence electrons. The Balaban J connectivity index is 1.46. The number of ether oxygens (including phenoxy) is 2. The zero-order valence-electron chi connectivity index (χ0n) is 15.4. The van der Waals surface area contributed by atoms with Crippen molar-refractivity contribution < 1.29 is 27.5 Å². The van der Waals surface area contributed by atoms with Crippen molar-refractivity contribution in [2.24, 2.45) is 0 Å². The fraction of sp³-hybridized carbons (Fsp3) is 0.579. The number of hydrogen-bond donors (Lipinski definition) is 0. The van der Waals surface area contributed by atoms with Gasteiger partial charge >= 0.3 is 0 Å². The van der Waals surface area contributed by atoms with Crippen LogP contribution in [-0.2, 0) is 19.5 Å². The Morgan fingerprint density at radius 1 is 1.07 bits per heavy atom. The summed E-state index contributed by atoms with van der Waals surface area (Å²) in [5, 5.41) is 0. The lowest BCUT2D eigenvalue weighted by atomic mass is 10.00. The van der Waals surface area contributed by atoms with Crippen molar-refractivity contribution in [1.29, 1.82) is 0 Å². The van der Waals surface area contributed by atoms with Gasteiger partial charge in [0.1, 0.15) is 4.90 Å². The molecule has 1 aromatic carbocycles. The van der Waals surface area contributed by atoms with Gasteiger partial charge in [0.15, 0.2) is 6.29 Å². The highest BCUT2D eigenvalue weighted by Gasteiger charge is 2.49. The Labute approximate surface area is 163 Å². The van der Waals surface area contributed by atoms with Crippen LogP contribution in [0.15, 0.2) is 23.1 Å². The summed E-state index contributed by atoms with van der Waals surface area (Å²) >= 11 is 0. The van der Waals surface area contributed by atoms with Crippen LogP contribution in [0.5, 0.6) is 0 Å². The molecule has 3 heterocycles. The molecule has 0 bridgehead atoms. The first kappa shape index (κ1) is 18.1. The van der Waals surface area contributed by atoms with E-state index in [-0.39, 0.29) is 34.0 Å². The molecule has 2 saturated heterocycles. The zero-order chi connectivity index (χ0) is 19.5. The van der Waals surface area contributed by atoms with Crippen LogP contribution in [-0.4, -0.2) is 67.6 Å². The average Bonchev–Trinajstić information content (AvgIpc) is 3.32. The smallest absolute Gasteiger partial charge is 0.269 e. The van der Waals surface area contributed by atoms with E-state index in [1.165, 1.54) is 12.1 Å². The van der Waals surface area contributed by atoms with E-state index >= 15 is 0 Å². The van der Waals surface area contributed by atoms with Crippen LogP contribution in [0.3, 0.4) is 0 Å². The Morgan fingerprint density at radius 3 is 2.54 bits per heavy atom. The van der Waals surface area contributed by atoms with E-state index in [0.717, 1.165) is 23.6 Å². The van der Waals surface area contributed by atoms with E-state index < -0.39 is 22.2 Å². The SMILES string of the molecule is O=C(c1ccc2c(c1)S(=O)(=O)N(C1CC1)C2=O)N1CCCCC1C1OCCO1. The molecule has 0 spiro atoms. The first-order valence-electron chi connectivity index (χ1n) is 9.75.